The van der Waals surface area contributed by atoms with Gasteiger partial charge in [-0.05, 0) is 36.3 Å². The van der Waals surface area contributed by atoms with Crippen LogP contribution >= 0.6 is 0 Å². The second-order valence-electron chi connectivity index (χ2n) is 8.14. The molecule has 1 atom stereocenters. The second kappa shape index (κ2) is 7.42. The number of hydrogen-bond donors (Lipinski definition) is 1. The molecule has 2 rings (SSSR count). The first-order valence-electron chi connectivity index (χ1n) is 8.91. The van der Waals surface area contributed by atoms with Crippen LogP contribution in [0.5, 0.6) is 0 Å². The first-order valence-corrected chi connectivity index (χ1v) is 8.91. The summed E-state index contributed by atoms with van der Waals surface area (Å²) in [5.41, 5.74) is 4.21. The number of amides is 1. The highest BCUT2D eigenvalue weighted by atomic mass is 16.5. The van der Waals surface area contributed by atoms with Crippen LogP contribution < -0.4 is 5.32 Å². The number of nitrogens with zero attached hydrogens (tertiary/aromatic N) is 1. The minimum Gasteiger partial charge on any atom is -0.361 e. The van der Waals surface area contributed by atoms with Crippen LogP contribution in [-0.4, -0.2) is 11.1 Å². The summed E-state index contributed by atoms with van der Waals surface area (Å²) in [6.45, 7) is 14.6. The molecule has 0 radical (unpaired) electrons. The molecule has 4 heteroatoms. The van der Waals surface area contributed by atoms with Crippen molar-refractivity contribution in [2.75, 3.05) is 0 Å². The lowest BCUT2D eigenvalue weighted by Crippen LogP contribution is -2.33. The van der Waals surface area contributed by atoms with E-state index in [1.165, 1.54) is 5.56 Å². The molecule has 1 aromatic carbocycles. The molecule has 0 aliphatic carbocycles. The Labute approximate surface area is 151 Å². The van der Waals surface area contributed by atoms with E-state index in [1.54, 1.807) is 0 Å². The van der Waals surface area contributed by atoms with Gasteiger partial charge in [-0.2, -0.15) is 0 Å². The molecule has 2 aromatic rings. The Bertz CT molecular complexity index is 702. The van der Waals surface area contributed by atoms with E-state index in [2.05, 4.69) is 69.4 Å². The SMILES string of the molecule is Cc1noc(C)c1CC(=O)NC(c1ccc(C(C)(C)C)cc1)C(C)C. The molecule has 1 unspecified atom stereocenters. The summed E-state index contributed by atoms with van der Waals surface area (Å²) in [5, 5.41) is 7.09. The van der Waals surface area contributed by atoms with Crippen molar-refractivity contribution in [1.29, 1.82) is 0 Å². The number of benzene rings is 1. The third-order valence-corrected chi connectivity index (χ3v) is 4.64. The second-order valence-corrected chi connectivity index (χ2v) is 8.14. The maximum Gasteiger partial charge on any atom is 0.225 e. The molecule has 0 saturated heterocycles. The van der Waals surface area contributed by atoms with Gasteiger partial charge in [0.15, 0.2) is 0 Å². The molecule has 0 bridgehead atoms. The molecule has 1 aromatic heterocycles. The van der Waals surface area contributed by atoms with Crippen LogP contribution in [0.1, 0.15) is 68.8 Å². The van der Waals surface area contributed by atoms with Crippen LogP contribution in [0.4, 0.5) is 0 Å². The number of aryl methyl sites for hydroxylation is 2. The molecule has 1 heterocycles. The highest BCUT2D eigenvalue weighted by Gasteiger charge is 2.21. The number of nitrogens with one attached hydrogen (secondary N) is 1. The van der Waals surface area contributed by atoms with Crippen molar-refractivity contribution in [2.24, 2.45) is 5.92 Å². The van der Waals surface area contributed by atoms with Crippen molar-refractivity contribution in [2.45, 2.75) is 66.3 Å². The summed E-state index contributed by atoms with van der Waals surface area (Å²) >= 11 is 0. The van der Waals surface area contributed by atoms with Gasteiger partial charge in [0.1, 0.15) is 5.76 Å². The summed E-state index contributed by atoms with van der Waals surface area (Å²) in [6.07, 6.45) is 0.296. The van der Waals surface area contributed by atoms with Gasteiger partial charge in [0.05, 0.1) is 18.2 Å². The van der Waals surface area contributed by atoms with Gasteiger partial charge in [-0.15, -0.1) is 0 Å². The molecule has 1 amide bonds. The maximum atomic E-state index is 12.5. The predicted molar refractivity (Wildman–Crippen MR) is 101 cm³/mol. The topological polar surface area (TPSA) is 55.1 Å². The van der Waals surface area contributed by atoms with E-state index in [1.807, 2.05) is 13.8 Å². The summed E-state index contributed by atoms with van der Waals surface area (Å²) in [7, 11) is 0. The van der Waals surface area contributed by atoms with Crippen LogP contribution in [-0.2, 0) is 16.6 Å². The molecule has 136 valence electrons. The van der Waals surface area contributed by atoms with Crippen molar-refractivity contribution in [3.05, 3.63) is 52.4 Å². The van der Waals surface area contributed by atoms with Crippen LogP contribution in [0.2, 0.25) is 0 Å². The van der Waals surface area contributed by atoms with Crippen molar-refractivity contribution < 1.29 is 9.32 Å². The Hall–Kier alpha value is -2.10. The molecule has 25 heavy (non-hydrogen) atoms. The van der Waals surface area contributed by atoms with Crippen molar-refractivity contribution in [3.63, 3.8) is 0 Å². The van der Waals surface area contributed by atoms with E-state index in [0.717, 1.165) is 16.8 Å². The summed E-state index contributed by atoms with van der Waals surface area (Å²) < 4.78 is 5.15. The minimum atomic E-state index is -0.0120. The molecular weight excluding hydrogens is 312 g/mol. The Morgan fingerprint density at radius 2 is 1.76 bits per heavy atom. The van der Waals surface area contributed by atoms with E-state index < -0.39 is 0 Å². The highest BCUT2D eigenvalue weighted by molar-refractivity contribution is 5.79. The lowest BCUT2D eigenvalue weighted by molar-refractivity contribution is -0.121. The molecule has 0 aliphatic heterocycles. The lowest BCUT2D eigenvalue weighted by Gasteiger charge is -2.25. The fraction of sp³-hybridized carbons (Fsp3) is 0.524. The molecule has 4 nitrogen and oxygen atoms in total. The predicted octanol–water partition coefficient (Wildman–Crippen LogP) is 4.64. The fourth-order valence-electron chi connectivity index (χ4n) is 2.96. The maximum absolute atomic E-state index is 12.5. The first-order chi connectivity index (χ1) is 11.6. The first kappa shape index (κ1) is 19.2. The number of aromatic nitrogens is 1. The van der Waals surface area contributed by atoms with E-state index in [9.17, 15) is 4.79 Å². The normalized spacial score (nSPS) is 13.1. The summed E-state index contributed by atoms with van der Waals surface area (Å²) in [5.74, 6) is 1.00. The zero-order valence-electron chi connectivity index (χ0n) is 16.4. The van der Waals surface area contributed by atoms with Crippen LogP contribution in [0.15, 0.2) is 28.8 Å². The molecule has 1 N–H and O–H groups in total. The number of hydrogen-bond acceptors (Lipinski definition) is 3. The van der Waals surface area contributed by atoms with Crippen LogP contribution in [0.3, 0.4) is 0 Å². The van der Waals surface area contributed by atoms with Crippen molar-refractivity contribution >= 4 is 5.91 Å². The van der Waals surface area contributed by atoms with Gasteiger partial charge in [-0.3, -0.25) is 4.79 Å². The van der Waals surface area contributed by atoms with Gasteiger partial charge >= 0.3 is 0 Å². The Balaban J connectivity index is 2.14. The summed E-state index contributed by atoms with van der Waals surface area (Å²) in [6, 6.07) is 8.56. The standard InChI is InChI=1S/C21H30N2O2/c1-13(2)20(16-8-10-17(11-9-16)21(5,6)7)22-19(24)12-18-14(3)23-25-15(18)4/h8-11,13,20H,12H2,1-7H3,(H,22,24). The fourth-order valence-corrected chi connectivity index (χ4v) is 2.96. The van der Waals surface area contributed by atoms with E-state index in [4.69, 9.17) is 4.52 Å². The van der Waals surface area contributed by atoms with Gasteiger partial charge < -0.3 is 9.84 Å². The summed E-state index contributed by atoms with van der Waals surface area (Å²) in [4.78, 5) is 12.5. The number of rotatable bonds is 5. The minimum absolute atomic E-state index is 0.00648. The molecule has 0 fully saturated rings. The van der Waals surface area contributed by atoms with E-state index in [0.29, 0.717) is 18.1 Å². The Kier molecular flexibility index (Phi) is 5.71. The van der Waals surface area contributed by atoms with E-state index in [-0.39, 0.29) is 17.4 Å². The Morgan fingerprint density at radius 3 is 2.20 bits per heavy atom. The molecule has 0 aliphatic rings. The van der Waals surface area contributed by atoms with Crippen LogP contribution in [0, 0.1) is 19.8 Å². The smallest absolute Gasteiger partial charge is 0.225 e. The van der Waals surface area contributed by atoms with Crippen molar-refractivity contribution in [3.8, 4) is 0 Å². The van der Waals surface area contributed by atoms with Crippen molar-refractivity contribution in [1.82, 2.24) is 10.5 Å². The molecule has 0 saturated carbocycles. The quantitative estimate of drug-likeness (QED) is 0.861. The average molecular weight is 342 g/mol. The van der Waals surface area contributed by atoms with Crippen LogP contribution in [0.25, 0.3) is 0 Å². The number of carbonyl (C=O) groups is 1. The molecular formula is C21H30N2O2. The monoisotopic (exact) mass is 342 g/mol. The van der Waals surface area contributed by atoms with Gasteiger partial charge in [0.25, 0.3) is 0 Å². The third kappa shape index (κ3) is 4.71. The lowest BCUT2D eigenvalue weighted by atomic mass is 9.85. The third-order valence-electron chi connectivity index (χ3n) is 4.64. The van der Waals surface area contributed by atoms with Gasteiger partial charge in [-0.1, -0.05) is 64.0 Å². The highest BCUT2D eigenvalue weighted by Crippen LogP contribution is 2.27. The average Bonchev–Trinajstić information content (AvgIpc) is 2.83. The van der Waals surface area contributed by atoms with Gasteiger partial charge in [0, 0.05) is 5.56 Å². The zero-order chi connectivity index (χ0) is 18.8. The number of carbonyl (C=O) groups excluding carboxylic acids is 1. The molecule has 0 spiro atoms. The van der Waals surface area contributed by atoms with Gasteiger partial charge in [-0.25, -0.2) is 0 Å². The Morgan fingerprint density at radius 1 is 1.16 bits per heavy atom. The van der Waals surface area contributed by atoms with E-state index >= 15 is 0 Å². The van der Waals surface area contributed by atoms with Gasteiger partial charge in [0.2, 0.25) is 5.91 Å². The largest absolute Gasteiger partial charge is 0.361 e. The zero-order valence-corrected chi connectivity index (χ0v) is 16.4.